The molecule has 2 heterocycles. The molecule has 2 aliphatic rings. The Labute approximate surface area is 146 Å². The summed E-state index contributed by atoms with van der Waals surface area (Å²) in [5, 5.41) is 3.52. The van der Waals surface area contributed by atoms with Gasteiger partial charge in [0.15, 0.2) is 6.54 Å². The average molecular weight is 336 g/mol. The first-order valence-corrected chi connectivity index (χ1v) is 9.13. The molecule has 1 atom stereocenters. The van der Waals surface area contributed by atoms with Crippen molar-refractivity contribution in [3.63, 3.8) is 0 Å². The van der Waals surface area contributed by atoms with Gasteiger partial charge in [-0.05, 0) is 31.2 Å². The van der Waals surface area contributed by atoms with E-state index in [-0.39, 0.29) is 10.8 Å². The smallest absolute Gasteiger partial charge is 0.203 e. The summed E-state index contributed by atoms with van der Waals surface area (Å²) in [5.41, 5.74) is 5.44. The van der Waals surface area contributed by atoms with Gasteiger partial charge in [-0.1, -0.05) is 38.2 Å². The molecule has 0 fully saturated rings. The van der Waals surface area contributed by atoms with Crippen LogP contribution in [0.1, 0.15) is 42.6 Å². The van der Waals surface area contributed by atoms with E-state index >= 15 is 0 Å². The molecule has 0 aromatic carbocycles. The van der Waals surface area contributed by atoms with Crippen LogP contribution in [0.25, 0.3) is 24.3 Å². The number of hydrogen-bond donors (Lipinski definition) is 1. The van der Waals surface area contributed by atoms with Crippen LogP contribution in [0.5, 0.6) is 0 Å². The lowest BCUT2D eigenvalue weighted by molar-refractivity contribution is -0.757. The minimum absolute atomic E-state index is 0.0404. The molecule has 0 saturated heterocycles. The summed E-state index contributed by atoms with van der Waals surface area (Å²) >= 11 is 1.69. The third-order valence-corrected chi connectivity index (χ3v) is 5.42. The van der Waals surface area contributed by atoms with Crippen LogP contribution in [0.3, 0.4) is 0 Å². The number of nitrogens with zero attached hydrogens (tertiary/aromatic N) is 2. The maximum Gasteiger partial charge on any atom is 0.203 e. The summed E-state index contributed by atoms with van der Waals surface area (Å²) in [6.45, 7) is 7.56. The lowest BCUT2D eigenvalue weighted by atomic mass is 9.90. The van der Waals surface area contributed by atoms with Gasteiger partial charge in [0, 0.05) is 5.41 Å². The second-order valence-electron chi connectivity index (χ2n) is 7.50. The highest BCUT2D eigenvalue weighted by molar-refractivity contribution is 7.10. The molecule has 1 N–H and O–H groups in total. The Bertz CT molecular complexity index is 828. The molecule has 4 heteroatoms. The molecule has 0 radical (unpaired) electrons. The van der Waals surface area contributed by atoms with E-state index in [9.17, 15) is 0 Å². The van der Waals surface area contributed by atoms with Gasteiger partial charge in [-0.3, -0.25) is 0 Å². The van der Waals surface area contributed by atoms with Gasteiger partial charge < -0.3 is 0 Å². The molecule has 3 nitrogen and oxygen atoms in total. The van der Waals surface area contributed by atoms with Gasteiger partial charge >= 0.3 is 0 Å². The van der Waals surface area contributed by atoms with Gasteiger partial charge in [0.25, 0.3) is 0 Å². The molecule has 2 aromatic heterocycles. The number of allylic oxidation sites excluding steroid dienone is 4. The van der Waals surface area contributed by atoms with E-state index in [1.54, 1.807) is 11.3 Å². The first-order chi connectivity index (χ1) is 11.4. The highest BCUT2D eigenvalue weighted by Gasteiger charge is 2.27. The summed E-state index contributed by atoms with van der Waals surface area (Å²) < 4.78 is 2.18. The minimum atomic E-state index is -0.0404. The maximum absolute atomic E-state index is 4.41. The lowest BCUT2D eigenvalue weighted by Crippen LogP contribution is -2.42. The fraction of sp³-hybridized carbons (Fsp3) is 0.300. The molecule has 0 spiro atoms. The van der Waals surface area contributed by atoms with Crippen molar-refractivity contribution in [3.05, 3.63) is 57.8 Å². The molecule has 0 bridgehead atoms. The number of thiazole rings is 1. The van der Waals surface area contributed by atoms with E-state index in [2.05, 4.69) is 90.3 Å². The number of aromatic nitrogens is 3. The monoisotopic (exact) mass is 336 g/mol. The Morgan fingerprint density at radius 2 is 1.83 bits per heavy atom. The first-order valence-electron chi connectivity index (χ1n) is 8.25. The zero-order chi connectivity index (χ0) is 16.8. The summed E-state index contributed by atoms with van der Waals surface area (Å²) in [7, 11) is 0. The summed E-state index contributed by atoms with van der Waals surface area (Å²) in [4.78, 5) is 5.65. The van der Waals surface area contributed by atoms with Crippen LogP contribution in [0.4, 0.5) is 0 Å². The van der Waals surface area contributed by atoms with Gasteiger partial charge in [-0.15, -0.1) is 16.0 Å². The first kappa shape index (κ1) is 15.3. The minimum Gasteiger partial charge on any atom is -0.245 e. The molecule has 0 amide bonds. The Balaban J connectivity index is 1.60. The molecule has 2 aliphatic carbocycles. The van der Waals surface area contributed by atoms with E-state index in [1.807, 2.05) is 5.51 Å². The summed E-state index contributed by atoms with van der Waals surface area (Å²) in [6.07, 6.45) is 20.0. The Morgan fingerprint density at radius 3 is 2.71 bits per heavy atom. The average Bonchev–Trinajstić information content (AvgIpc) is 3.07. The Hall–Kier alpha value is -2.20. The third kappa shape index (κ3) is 2.94. The molecule has 4 rings (SSSR count). The number of hydrogen-bond acceptors (Lipinski definition) is 2. The number of aromatic amines is 1. The third-order valence-electron chi connectivity index (χ3n) is 4.61. The van der Waals surface area contributed by atoms with Crippen molar-refractivity contribution in [1.82, 2.24) is 10.1 Å². The standard InChI is InChI=1S/C20H21N3S/c1-19(2)8-4-15-12-23(22-16(15)5-9-19)13-20(3)10-6-17-18(7-11-20)24-14-21-17/h4-12,14H,13H2,1-3H3/p+1. The van der Waals surface area contributed by atoms with Crippen molar-refractivity contribution in [3.8, 4) is 0 Å². The van der Waals surface area contributed by atoms with Crippen LogP contribution < -0.4 is 4.68 Å². The number of H-pyrrole nitrogens is 1. The highest BCUT2D eigenvalue weighted by Crippen LogP contribution is 2.30. The lowest BCUT2D eigenvalue weighted by Gasteiger charge is -2.15. The Morgan fingerprint density at radius 1 is 1.04 bits per heavy atom. The molecule has 122 valence electrons. The molecule has 2 aromatic rings. The predicted octanol–water partition coefficient (Wildman–Crippen LogP) is 4.57. The van der Waals surface area contributed by atoms with Crippen molar-refractivity contribution in [2.75, 3.05) is 0 Å². The van der Waals surface area contributed by atoms with E-state index in [0.717, 1.165) is 12.2 Å². The van der Waals surface area contributed by atoms with Gasteiger partial charge in [0.1, 0.15) is 5.69 Å². The largest absolute Gasteiger partial charge is 0.245 e. The van der Waals surface area contributed by atoms with Crippen molar-refractivity contribution < 1.29 is 4.68 Å². The van der Waals surface area contributed by atoms with Crippen LogP contribution in [-0.2, 0) is 6.54 Å². The van der Waals surface area contributed by atoms with Gasteiger partial charge in [0.05, 0.1) is 27.1 Å². The fourth-order valence-electron chi connectivity index (χ4n) is 3.08. The van der Waals surface area contributed by atoms with Crippen molar-refractivity contribution >= 4 is 35.6 Å². The second-order valence-corrected chi connectivity index (χ2v) is 8.39. The molecular weight excluding hydrogens is 314 g/mol. The van der Waals surface area contributed by atoms with E-state index in [4.69, 9.17) is 0 Å². The van der Waals surface area contributed by atoms with Crippen molar-refractivity contribution in [1.29, 1.82) is 0 Å². The molecule has 0 saturated carbocycles. The van der Waals surface area contributed by atoms with Crippen molar-refractivity contribution in [2.45, 2.75) is 27.3 Å². The molecule has 0 aliphatic heterocycles. The zero-order valence-corrected chi connectivity index (χ0v) is 15.1. The van der Waals surface area contributed by atoms with Crippen LogP contribution in [-0.4, -0.2) is 10.1 Å². The zero-order valence-electron chi connectivity index (χ0n) is 14.3. The topological polar surface area (TPSA) is 32.6 Å². The summed E-state index contributed by atoms with van der Waals surface area (Å²) in [6, 6.07) is 0. The van der Waals surface area contributed by atoms with Gasteiger partial charge in [-0.25, -0.2) is 4.98 Å². The summed E-state index contributed by atoms with van der Waals surface area (Å²) in [5.74, 6) is 0. The Kier molecular flexibility index (Phi) is 3.46. The van der Waals surface area contributed by atoms with E-state index < -0.39 is 0 Å². The highest BCUT2D eigenvalue weighted by atomic mass is 32.1. The quantitative estimate of drug-likeness (QED) is 0.801. The van der Waals surface area contributed by atoms with E-state index in [1.165, 1.54) is 16.1 Å². The van der Waals surface area contributed by atoms with E-state index in [0.29, 0.717) is 0 Å². The fourth-order valence-corrected chi connectivity index (χ4v) is 3.74. The van der Waals surface area contributed by atoms with Crippen LogP contribution in [0.15, 0.2) is 36.0 Å². The van der Waals surface area contributed by atoms with Gasteiger partial charge in [0.2, 0.25) is 6.20 Å². The number of nitrogens with one attached hydrogen (secondary N) is 1. The SMILES string of the molecule is CC1(C)C=Cc2c[n+](CC3(C)C=Cc4ncsc4C=C3)[nH]c2C=C1. The predicted molar refractivity (Wildman–Crippen MR) is 101 cm³/mol. The van der Waals surface area contributed by atoms with Crippen LogP contribution >= 0.6 is 11.3 Å². The number of rotatable bonds is 2. The second kappa shape index (κ2) is 5.42. The van der Waals surface area contributed by atoms with Crippen LogP contribution in [0.2, 0.25) is 0 Å². The normalized spacial score (nSPS) is 23.6. The molecular formula is C20H22N3S+. The molecule has 1 unspecified atom stereocenters. The number of fused-ring (bicyclic) bond motifs is 2. The maximum atomic E-state index is 4.41. The van der Waals surface area contributed by atoms with Crippen LogP contribution in [0, 0.1) is 10.8 Å². The molecule has 24 heavy (non-hydrogen) atoms. The van der Waals surface area contributed by atoms with Gasteiger partial charge in [-0.2, -0.15) is 5.10 Å². The van der Waals surface area contributed by atoms with Crippen molar-refractivity contribution in [2.24, 2.45) is 10.8 Å².